The van der Waals surface area contributed by atoms with Gasteiger partial charge in [-0.3, -0.25) is 0 Å². The predicted octanol–water partition coefficient (Wildman–Crippen LogP) is 0.0741. The maximum Gasteiger partial charge on any atom is 0.336 e. The zero-order valence-electron chi connectivity index (χ0n) is 10.4. The van der Waals surface area contributed by atoms with Crippen LogP contribution in [0.5, 0.6) is 0 Å². The van der Waals surface area contributed by atoms with E-state index in [4.69, 9.17) is 9.84 Å². The number of aromatic carboxylic acids is 1. The highest BCUT2D eigenvalue weighted by atomic mass is 32.2. The zero-order valence-corrected chi connectivity index (χ0v) is 12.1. The molecule has 2 N–H and O–H groups in total. The number of ether oxygens (including phenoxy) is 1. The molecular formula is C10H15NO6S2. The normalized spacial score (nSPS) is 13.7. The largest absolute Gasteiger partial charge is 0.478 e. The van der Waals surface area contributed by atoms with Crippen molar-refractivity contribution in [1.82, 2.24) is 4.31 Å². The summed E-state index contributed by atoms with van der Waals surface area (Å²) in [5.41, 5.74) is -0.0746. The van der Waals surface area contributed by atoms with Crippen LogP contribution in [0.3, 0.4) is 0 Å². The van der Waals surface area contributed by atoms with Gasteiger partial charge in [-0.15, -0.1) is 11.3 Å². The van der Waals surface area contributed by atoms with E-state index in [1.165, 1.54) is 19.5 Å². The molecule has 0 saturated heterocycles. The molecule has 1 aromatic rings. The van der Waals surface area contributed by atoms with Crippen LogP contribution >= 0.6 is 11.3 Å². The van der Waals surface area contributed by atoms with Gasteiger partial charge >= 0.3 is 5.97 Å². The van der Waals surface area contributed by atoms with Crippen molar-refractivity contribution in [3.63, 3.8) is 0 Å². The van der Waals surface area contributed by atoms with Crippen molar-refractivity contribution in [1.29, 1.82) is 0 Å². The molecule has 0 amide bonds. The van der Waals surface area contributed by atoms with Gasteiger partial charge in [-0.2, -0.15) is 4.31 Å². The number of aliphatic hydroxyl groups excluding tert-OH is 1. The SMILES string of the molecule is COCC(O)CN(C)S(=O)(=O)c1cc(C(=O)O)cs1. The van der Waals surface area contributed by atoms with Crippen LogP contribution in [0.2, 0.25) is 0 Å². The summed E-state index contributed by atoms with van der Waals surface area (Å²) in [7, 11) is -1.08. The second kappa shape index (κ2) is 6.44. The van der Waals surface area contributed by atoms with Crippen molar-refractivity contribution in [3.05, 3.63) is 17.0 Å². The minimum Gasteiger partial charge on any atom is -0.478 e. The highest BCUT2D eigenvalue weighted by molar-refractivity contribution is 7.91. The van der Waals surface area contributed by atoms with Crippen LogP contribution < -0.4 is 0 Å². The van der Waals surface area contributed by atoms with Crippen molar-refractivity contribution >= 4 is 27.3 Å². The van der Waals surface area contributed by atoms with Crippen LogP contribution in [0.15, 0.2) is 15.7 Å². The zero-order chi connectivity index (χ0) is 14.6. The molecule has 0 spiro atoms. The monoisotopic (exact) mass is 309 g/mol. The molecule has 1 atom stereocenters. The number of hydrogen-bond acceptors (Lipinski definition) is 6. The predicted molar refractivity (Wildman–Crippen MR) is 69.0 cm³/mol. The Kier molecular flexibility index (Phi) is 5.44. The summed E-state index contributed by atoms with van der Waals surface area (Å²) in [6.07, 6.45) is -0.941. The number of carboxylic acid groups (broad SMARTS) is 1. The Labute approximate surface area is 115 Å². The summed E-state index contributed by atoms with van der Waals surface area (Å²) < 4.78 is 29.8. The quantitative estimate of drug-likeness (QED) is 0.739. The van der Waals surface area contributed by atoms with Crippen molar-refractivity contribution in [3.8, 4) is 0 Å². The number of likely N-dealkylation sites (N-methyl/N-ethyl adjacent to an activating group) is 1. The topological polar surface area (TPSA) is 104 Å². The molecule has 9 heteroatoms. The summed E-state index contributed by atoms with van der Waals surface area (Å²) >= 11 is 0.830. The highest BCUT2D eigenvalue weighted by Gasteiger charge is 2.25. The first-order valence-electron chi connectivity index (χ1n) is 5.24. The van der Waals surface area contributed by atoms with Crippen LogP contribution in [-0.4, -0.2) is 62.3 Å². The number of thiophene rings is 1. The fourth-order valence-corrected chi connectivity index (χ4v) is 3.93. The second-order valence-electron chi connectivity index (χ2n) is 3.85. The fourth-order valence-electron chi connectivity index (χ4n) is 1.36. The standard InChI is InChI=1S/C10H15NO6S2/c1-11(4-8(12)5-17-2)19(15,16)9-3-7(6-18-9)10(13)14/h3,6,8,12H,4-5H2,1-2H3,(H,13,14). The number of sulfonamides is 1. The third kappa shape index (κ3) is 3.98. The summed E-state index contributed by atoms with van der Waals surface area (Å²) in [5.74, 6) is -1.18. The van der Waals surface area contributed by atoms with E-state index < -0.39 is 22.1 Å². The molecule has 0 saturated carbocycles. The molecule has 7 nitrogen and oxygen atoms in total. The van der Waals surface area contributed by atoms with Crippen molar-refractivity contribution in [2.45, 2.75) is 10.3 Å². The lowest BCUT2D eigenvalue weighted by molar-refractivity contribution is 0.0554. The first-order chi connectivity index (χ1) is 8.78. The van der Waals surface area contributed by atoms with Gasteiger partial charge in [0.2, 0.25) is 0 Å². The summed E-state index contributed by atoms with van der Waals surface area (Å²) in [5, 5.41) is 19.5. The van der Waals surface area contributed by atoms with Gasteiger partial charge < -0.3 is 14.9 Å². The Morgan fingerprint density at radius 1 is 1.58 bits per heavy atom. The lowest BCUT2D eigenvalue weighted by Crippen LogP contribution is -2.35. The summed E-state index contributed by atoms with van der Waals surface area (Å²) in [6, 6.07) is 1.10. The maximum absolute atomic E-state index is 12.1. The minimum absolute atomic E-state index is 0.0185. The molecule has 0 bridgehead atoms. The minimum atomic E-state index is -3.79. The molecule has 1 aromatic heterocycles. The highest BCUT2D eigenvalue weighted by Crippen LogP contribution is 2.23. The van der Waals surface area contributed by atoms with Crippen LogP contribution in [0.1, 0.15) is 10.4 Å². The Bertz CT molecular complexity index is 538. The molecule has 0 radical (unpaired) electrons. The first-order valence-corrected chi connectivity index (χ1v) is 7.56. The molecule has 108 valence electrons. The average molecular weight is 309 g/mol. The Balaban J connectivity index is 2.87. The number of methoxy groups -OCH3 is 1. The number of rotatable bonds is 7. The molecular weight excluding hydrogens is 294 g/mol. The van der Waals surface area contributed by atoms with Crippen molar-refractivity contribution in [2.75, 3.05) is 27.3 Å². The third-order valence-corrected chi connectivity index (χ3v) is 5.55. The smallest absolute Gasteiger partial charge is 0.336 e. The first kappa shape index (κ1) is 16.1. The Morgan fingerprint density at radius 2 is 2.21 bits per heavy atom. The van der Waals surface area contributed by atoms with Crippen molar-refractivity contribution in [2.24, 2.45) is 0 Å². The van der Waals surface area contributed by atoms with E-state index in [9.17, 15) is 18.3 Å². The van der Waals surface area contributed by atoms with E-state index >= 15 is 0 Å². The molecule has 0 aliphatic heterocycles. The third-order valence-electron chi connectivity index (χ3n) is 2.31. The lowest BCUT2D eigenvalue weighted by Gasteiger charge is -2.19. The number of carboxylic acids is 1. The number of carbonyl (C=O) groups is 1. The molecule has 19 heavy (non-hydrogen) atoms. The molecule has 0 aliphatic rings. The fraction of sp³-hybridized carbons (Fsp3) is 0.500. The van der Waals surface area contributed by atoms with E-state index in [1.54, 1.807) is 0 Å². The van der Waals surface area contributed by atoms with Crippen LogP contribution in [0.25, 0.3) is 0 Å². The molecule has 0 aliphatic carbocycles. The number of aliphatic hydroxyl groups is 1. The van der Waals surface area contributed by atoms with Crippen LogP contribution in [0, 0.1) is 0 Å². The van der Waals surface area contributed by atoms with Crippen LogP contribution in [0.4, 0.5) is 0 Å². The van der Waals surface area contributed by atoms with Gasteiger partial charge in [0.25, 0.3) is 10.0 Å². The van der Waals surface area contributed by atoms with E-state index in [2.05, 4.69) is 0 Å². The lowest BCUT2D eigenvalue weighted by atomic mass is 10.4. The van der Waals surface area contributed by atoms with Crippen molar-refractivity contribution < 1.29 is 28.2 Å². The molecule has 1 unspecified atom stereocenters. The van der Waals surface area contributed by atoms with E-state index in [0.29, 0.717) is 0 Å². The van der Waals surface area contributed by atoms with E-state index in [1.807, 2.05) is 0 Å². The maximum atomic E-state index is 12.1. The van der Waals surface area contributed by atoms with Gasteiger partial charge in [-0.05, 0) is 6.07 Å². The van der Waals surface area contributed by atoms with E-state index in [0.717, 1.165) is 21.7 Å². The number of nitrogens with zero attached hydrogens (tertiary/aromatic N) is 1. The summed E-state index contributed by atoms with van der Waals surface area (Å²) in [6.45, 7) is -0.110. The summed E-state index contributed by atoms with van der Waals surface area (Å²) in [4.78, 5) is 10.7. The molecule has 0 fully saturated rings. The van der Waals surface area contributed by atoms with Gasteiger partial charge in [0, 0.05) is 26.1 Å². The van der Waals surface area contributed by atoms with Gasteiger partial charge in [0.1, 0.15) is 4.21 Å². The van der Waals surface area contributed by atoms with Crippen LogP contribution in [-0.2, 0) is 14.8 Å². The molecule has 1 heterocycles. The molecule has 0 aromatic carbocycles. The van der Waals surface area contributed by atoms with Gasteiger partial charge in [0.05, 0.1) is 18.3 Å². The number of hydrogen-bond donors (Lipinski definition) is 2. The van der Waals surface area contributed by atoms with Gasteiger partial charge in [0.15, 0.2) is 0 Å². The Morgan fingerprint density at radius 3 is 2.68 bits per heavy atom. The Hall–Kier alpha value is -1.00. The van der Waals surface area contributed by atoms with Gasteiger partial charge in [-0.1, -0.05) is 0 Å². The second-order valence-corrected chi connectivity index (χ2v) is 7.04. The molecule has 1 rings (SSSR count). The average Bonchev–Trinajstić information content (AvgIpc) is 2.78. The van der Waals surface area contributed by atoms with E-state index in [-0.39, 0.29) is 22.9 Å². The van der Waals surface area contributed by atoms with Gasteiger partial charge in [-0.25, -0.2) is 13.2 Å².